The Morgan fingerprint density at radius 3 is 2.60 bits per heavy atom. The number of carbonyl (C=O) groups is 1. The van der Waals surface area contributed by atoms with Gasteiger partial charge in [-0.25, -0.2) is 13.4 Å². The van der Waals surface area contributed by atoms with Gasteiger partial charge in [-0.1, -0.05) is 24.6 Å². The molecule has 2 aromatic heterocycles. The average molecular weight is 563 g/mol. The number of allylic oxidation sites excluding steroid dienone is 3. The van der Waals surface area contributed by atoms with Gasteiger partial charge in [-0.3, -0.25) is 14.7 Å². The molecule has 2 aliphatic rings. The van der Waals surface area contributed by atoms with Crippen LogP contribution in [0.4, 0.5) is 0 Å². The monoisotopic (exact) mass is 562 g/mol. The third kappa shape index (κ3) is 6.75. The van der Waals surface area contributed by atoms with E-state index in [1.54, 1.807) is 49.7 Å². The van der Waals surface area contributed by atoms with E-state index in [0.717, 1.165) is 38.4 Å². The summed E-state index contributed by atoms with van der Waals surface area (Å²) in [5.41, 5.74) is 3.70. The fraction of sp³-hybridized carbons (Fsp3) is 0.367. The van der Waals surface area contributed by atoms with E-state index < -0.39 is 9.84 Å². The Kier molecular flexibility index (Phi) is 8.58. The summed E-state index contributed by atoms with van der Waals surface area (Å²) in [5, 5.41) is 2.87. The predicted molar refractivity (Wildman–Crippen MR) is 152 cm³/mol. The van der Waals surface area contributed by atoms with E-state index in [9.17, 15) is 13.2 Å². The molecule has 0 bridgehead atoms. The third-order valence-electron chi connectivity index (χ3n) is 7.22. The van der Waals surface area contributed by atoms with Gasteiger partial charge in [-0.15, -0.1) is 0 Å². The molecule has 3 aromatic rings. The number of sulfone groups is 1. The normalized spacial score (nSPS) is 18.2. The fourth-order valence-corrected chi connectivity index (χ4v) is 6.77. The maximum absolute atomic E-state index is 13.4. The zero-order chi connectivity index (χ0) is 28.1. The highest BCUT2D eigenvalue weighted by molar-refractivity contribution is 7.94. The molecule has 0 radical (unpaired) electrons. The highest BCUT2D eigenvalue weighted by Gasteiger charge is 2.29. The lowest BCUT2D eigenvalue weighted by molar-refractivity contribution is 0.0418. The van der Waals surface area contributed by atoms with Crippen molar-refractivity contribution in [2.24, 2.45) is 5.92 Å². The lowest BCUT2D eigenvalue weighted by atomic mass is 9.95. The maximum Gasteiger partial charge on any atom is 0.251 e. The van der Waals surface area contributed by atoms with Gasteiger partial charge in [0.2, 0.25) is 5.89 Å². The van der Waals surface area contributed by atoms with Gasteiger partial charge >= 0.3 is 0 Å². The number of nitrogens with one attached hydrogen (secondary N) is 1. The van der Waals surface area contributed by atoms with Crippen molar-refractivity contribution in [2.75, 3.05) is 32.8 Å². The third-order valence-corrected chi connectivity index (χ3v) is 9.13. The largest absolute Gasteiger partial charge is 0.441 e. The van der Waals surface area contributed by atoms with Gasteiger partial charge in [0, 0.05) is 54.6 Å². The first-order valence-corrected chi connectivity index (χ1v) is 15.1. The van der Waals surface area contributed by atoms with Crippen molar-refractivity contribution >= 4 is 15.7 Å². The van der Waals surface area contributed by atoms with Crippen molar-refractivity contribution in [3.05, 3.63) is 94.0 Å². The predicted octanol–water partition coefficient (Wildman–Crippen LogP) is 4.07. The van der Waals surface area contributed by atoms with Crippen LogP contribution in [0.2, 0.25) is 0 Å². The number of hydrogen-bond acceptors (Lipinski definition) is 8. The second kappa shape index (κ2) is 12.3. The molecule has 1 aromatic carbocycles. The van der Waals surface area contributed by atoms with Crippen LogP contribution in [0.1, 0.15) is 40.7 Å². The van der Waals surface area contributed by atoms with Gasteiger partial charge in [0.15, 0.2) is 9.84 Å². The summed E-state index contributed by atoms with van der Waals surface area (Å²) < 4.78 is 38.0. The topological polar surface area (TPSA) is 115 Å². The summed E-state index contributed by atoms with van der Waals surface area (Å²) in [6.45, 7) is 8.19. The minimum absolute atomic E-state index is 0.102. The molecule has 0 saturated carbocycles. The standard InChI is InChI=1S/C30H34N4O5S/c1-21-16-23(19-34-12-14-38-15-13-34)5-10-28(21)40(36,37)20-27-22(2)39-30(33-27)26-8-6-25(7-9-26)29(35)32-18-24-4-3-11-31-17-24/h3-11,17,21H,12-16,18-20H2,1-2H3,(H,32,35). The van der Waals surface area contributed by atoms with Gasteiger partial charge in [-0.2, -0.15) is 0 Å². The summed E-state index contributed by atoms with van der Waals surface area (Å²) in [7, 11) is -3.58. The van der Waals surface area contributed by atoms with Crippen molar-refractivity contribution in [2.45, 2.75) is 32.6 Å². The first kappa shape index (κ1) is 27.9. The van der Waals surface area contributed by atoms with Crippen molar-refractivity contribution in [3.8, 4) is 11.5 Å². The van der Waals surface area contributed by atoms with Crippen LogP contribution in [0.5, 0.6) is 0 Å². The van der Waals surface area contributed by atoms with Crippen LogP contribution in [0.3, 0.4) is 0 Å². The van der Waals surface area contributed by atoms with Gasteiger partial charge in [0.05, 0.1) is 18.9 Å². The Hall–Kier alpha value is -3.60. The quantitative estimate of drug-likeness (QED) is 0.415. The number of aromatic nitrogens is 2. The van der Waals surface area contributed by atoms with E-state index in [2.05, 4.69) is 20.2 Å². The zero-order valence-corrected chi connectivity index (χ0v) is 23.6. The van der Waals surface area contributed by atoms with Crippen molar-refractivity contribution in [3.63, 3.8) is 0 Å². The maximum atomic E-state index is 13.4. The summed E-state index contributed by atoms with van der Waals surface area (Å²) in [6.07, 6.45) is 7.82. The molecule has 1 saturated heterocycles. The van der Waals surface area contributed by atoms with Gasteiger partial charge in [0.25, 0.3) is 5.91 Å². The van der Waals surface area contributed by atoms with Crippen LogP contribution in [0.15, 0.2) is 75.8 Å². The first-order valence-electron chi connectivity index (χ1n) is 13.4. The van der Waals surface area contributed by atoms with E-state index in [1.165, 1.54) is 5.57 Å². The number of pyridine rings is 1. The van der Waals surface area contributed by atoms with E-state index in [4.69, 9.17) is 9.15 Å². The van der Waals surface area contributed by atoms with Gasteiger partial charge < -0.3 is 14.5 Å². The van der Waals surface area contributed by atoms with Crippen molar-refractivity contribution in [1.82, 2.24) is 20.2 Å². The number of rotatable bonds is 9. The summed E-state index contributed by atoms with van der Waals surface area (Å²) in [4.78, 5) is 23.9. The van der Waals surface area contributed by atoms with Crippen LogP contribution in [0.25, 0.3) is 11.5 Å². The molecule has 1 atom stereocenters. The molecule has 1 N–H and O–H groups in total. The van der Waals surface area contributed by atoms with Crippen LogP contribution in [-0.2, 0) is 26.9 Å². The molecule has 1 aliphatic heterocycles. The lowest BCUT2D eigenvalue weighted by Gasteiger charge is -2.29. The molecule has 10 heteroatoms. The minimum Gasteiger partial charge on any atom is -0.441 e. The van der Waals surface area contributed by atoms with Gasteiger partial charge in [-0.05, 0) is 61.2 Å². The Morgan fingerprint density at radius 2 is 1.90 bits per heavy atom. The molecule has 3 heterocycles. The zero-order valence-electron chi connectivity index (χ0n) is 22.8. The second-order valence-corrected chi connectivity index (χ2v) is 12.3. The summed E-state index contributed by atoms with van der Waals surface area (Å²) in [5.74, 6) is 0.255. The molecular weight excluding hydrogens is 528 g/mol. The van der Waals surface area contributed by atoms with E-state index in [1.807, 2.05) is 25.1 Å². The number of hydrogen-bond donors (Lipinski definition) is 1. The number of carbonyl (C=O) groups excluding carboxylic acids is 1. The van der Waals surface area contributed by atoms with Gasteiger partial charge in [0.1, 0.15) is 11.5 Å². The Balaban J connectivity index is 1.23. The fourth-order valence-electron chi connectivity index (χ4n) is 5.00. The van der Waals surface area contributed by atoms with Crippen molar-refractivity contribution in [1.29, 1.82) is 0 Å². The molecule has 40 heavy (non-hydrogen) atoms. The molecule has 5 rings (SSSR count). The van der Waals surface area contributed by atoms with E-state index >= 15 is 0 Å². The smallest absolute Gasteiger partial charge is 0.251 e. The van der Waals surface area contributed by atoms with Crippen LogP contribution in [-0.4, -0.2) is 62.0 Å². The molecule has 0 spiro atoms. The molecule has 9 nitrogen and oxygen atoms in total. The van der Waals surface area contributed by atoms with Crippen LogP contribution < -0.4 is 5.32 Å². The number of oxazole rings is 1. The Bertz CT molecular complexity index is 1510. The molecule has 1 unspecified atom stereocenters. The molecule has 1 amide bonds. The molecule has 210 valence electrons. The molecule has 1 aliphatic carbocycles. The van der Waals surface area contributed by atoms with Crippen LogP contribution in [0, 0.1) is 12.8 Å². The Labute approximate surface area is 234 Å². The lowest BCUT2D eigenvalue weighted by Crippen LogP contribution is -2.37. The SMILES string of the molecule is Cc1oc(-c2ccc(C(=O)NCc3cccnc3)cc2)nc1CS(=O)(=O)C1=CC=C(CN2CCOCC2)CC1C. The highest BCUT2D eigenvalue weighted by atomic mass is 32.2. The number of nitrogens with zero attached hydrogens (tertiary/aromatic N) is 3. The summed E-state index contributed by atoms with van der Waals surface area (Å²) in [6, 6.07) is 10.6. The number of ether oxygens (including phenoxy) is 1. The average Bonchev–Trinajstić information content (AvgIpc) is 3.32. The molecular formula is C30H34N4O5S. The first-order chi connectivity index (χ1) is 19.3. The van der Waals surface area contributed by atoms with E-state index in [0.29, 0.717) is 46.3 Å². The number of benzene rings is 1. The number of aryl methyl sites for hydroxylation is 1. The Morgan fingerprint density at radius 1 is 1.12 bits per heavy atom. The van der Waals surface area contributed by atoms with Crippen molar-refractivity contribution < 1.29 is 22.4 Å². The molecule has 1 fully saturated rings. The van der Waals surface area contributed by atoms with E-state index in [-0.39, 0.29) is 17.6 Å². The number of morpholine rings is 1. The van der Waals surface area contributed by atoms with Crippen LogP contribution >= 0.6 is 0 Å². The second-order valence-electron chi connectivity index (χ2n) is 10.3. The number of amides is 1. The highest BCUT2D eigenvalue weighted by Crippen LogP contribution is 2.32. The summed E-state index contributed by atoms with van der Waals surface area (Å²) >= 11 is 0. The minimum atomic E-state index is -3.58.